The molecule has 1 aliphatic carbocycles. The Morgan fingerprint density at radius 1 is 0.969 bits per heavy atom. The monoisotopic (exact) mass is 436 g/mol. The molecular formula is C27H36N2O3. The number of carbonyl (C=O) groups excluding carboxylic acids is 1. The van der Waals surface area contributed by atoms with Gasteiger partial charge in [-0.2, -0.15) is 0 Å². The van der Waals surface area contributed by atoms with E-state index in [0.717, 1.165) is 25.4 Å². The fourth-order valence-corrected chi connectivity index (χ4v) is 5.47. The van der Waals surface area contributed by atoms with E-state index in [0.29, 0.717) is 17.0 Å². The highest BCUT2D eigenvalue weighted by Crippen LogP contribution is 2.46. The second-order valence-corrected chi connectivity index (χ2v) is 9.52. The van der Waals surface area contributed by atoms with Crippen LogP contribution < -0.4 is 9.64 Å². The van der Waals surface area contributed by atoms with Gasteiger partial charge in [-0.1, -0.05) is 12.1 Å². The van der Waals surface area contributed by atoms with Gasteiger partial charge in [0, 0.05) is 31.4 Å². The van der Waals surface area contributed by atoms with Crippen molar-refractivity contribution in [2.24, 2.45) is 5.41 Å². The third-order valence-electron chi connectivity index (χ3n) is 7.71. The molecule has 0 atom stereocenters. The Labute approximate surface area is 192 Å². The van der Waals surface area contributed by atoms with Crippen LogP contribution in [0.3, 0.4) is 0 Å². The summed E-state index contributed by atoms with van der Waals surface area (Å²) in [5, 5.41) is 0. The van der Waals surface area contributed by atoms with Gasteiger partial charge >= 0.3 is 5.97 Å². The van der Waals surface area contributed by atoms with Crippen LogP contribution >= 0.6 is 0 Å². The van der Waals surface area contributed by atoms with Crippen LogP contribution in [0.2, 0.25) is 0 Å². The maximum atomic E-state index is 11.7. The summed E-state index contributed by atoms with van der Waals surface area (Å²) >= 11 is 0. The number of piperidine rings is 1. The van der Waals surface area contributed by atoms with Crippen LogP contribution in [0.1, 0.15) is 54.4 Å². The van der Waals surface area contributed by atoms with Crippen molar-refractivity contribution in [1.29, 1.82) is 0 Å². The Morgan fingerprint density at radius 2 is 1.59 bits per heavy atom. The molecule has 5 heteroatoms. The van der Waals surface area contributed by atoms with Gasteiger partial charge < -0.3 is 14.4 Å². The van der Waals surface area contributed by atoms with Crippen molar-refractivity contribution in [3.63, 3.8) is 0 Å². The summed E-state index contributed by atoms with van der Waals surface area (Å²) in [6, 6.07) is 17.0. The van der Waals surface area contributed by atoms with Crippen molar-refractivity contribution >= 4 is 11.7 Å². The Bertz CT molecular complexity index is 876. The van der Waals surface area contributed by atoms with Crippen LogP contribution in [-0.2, 0) is 11.3 Å². The highest BCUT2D eigenvalue weighted by molar-refractivity contribution is 5.89. The minimum absolute atomic E-state index is 0.275. The maximum Gasteiger partial charge on any atom is 0.337 e. The van der Waals surface area contributed by atoms with Gasteiger partial charge in [-0.15, -0.1) is 0 Å². The molecule has 0 aromatic heterocycles. The number of benzene rings is 2. The number of ether oxygens (including phenoxy) is 2. The Hall–Kier alpha value is -2.53. The average Bonchev–Trinajstić information content (AvgIpc) is 2.85. The molecule has 2 aromatic carbocycles. The van der Waals surface area contributed by atoms with E-state index in [9.17, 15) is 4.79 Å². The minimum Gasteiger partial charge on any atom is -0.497 e. The highest BCUT2D eigenvalue weighted by Gasteiger charge is 2.38. The van der Waals surface area contributed by atoms with Crippen LogP contribution in [-0.4, -0.2) is 51.3 Å². The first-order chi connectivity index (χ1) is 15.5. The molecule has 0 unspecified atom stereocenters. The van der Waals surface area contributed by atoms with E-state index >= 15 is 0 Å². The van der Waals surface area contributed by atoms with Crippen LogP contribution in [0.5, 0.6) is 5.75 Å². The van der Waals surface area contributed by atoms with E-state index in [1.165, 1.54) is 56.9 Å². The van der Waals surface area contributed by atoms with Crippen molar-refractivity contribution in [3.8, 4) is 5.75 Å². The maximum absolute atomic E-state index is 11.7. The van der Waals surface area contributed by atoms with Crippen molar-refractivity contribution in [2.75, 3.05) is 39.3 Å². The molecular weight excluding hydrogens is 400 g/mol. The van der Waals surface area contributed by atoms with Crippen molar-refractivity contribution < 1.29 is 14.3 Å². The lowest BCUT2D eigenvalue weighted by Gasteiger charge is -2.48. The molecule has 1 spiro atoms. The summed E-state index contributed by atoms with van der Waals surface area (Å²) < 4.78 is 10.1. The molecule has 1 saturated carbocycles. The summed E-state index contributed by atoms with van der Waals surface area (Å²) in [5.41, 5.74) is 3.68. The Kier molecular flexibility index (Phi) is 7.04. The first kappa shape index (κ1) is 22.7. The number of nitrogens with zero attached hydrogens (tertiary/aromatic N) is 2. The number of rotatable bonds is 6. The number of anilines is 1. The molecule has 0 radical (unpaired) electrons. The van der Waals surface area contributed by atoms with Gasteiger partial charge in [-0.3, -0.25) is 4.90 Å². The third kappa shape index (κ3) is 5.09. The minimum atomic E-state index is -0.275. The van der Waals surface area contributed by atoms with Gasteiger partial charge in [-0.05, 0) is 92.9 Å². The zero-order valence-corrected chi connectivity index (χ0v) is 19.7. The number of hydrogen-bond donors (Lipinski definition) is 0. The van der Waals surface area contributed by atoms with Crippen molar-refractivity contribution in [1.82, 2.24) is 4.90 Å². The predicted molar refractivity (Wildman–Crippen MR) is 128 cm³/mol. The Balaban J connectivity index is 1.26. The molecule has 172 valence electrons. The normalized spacial score (nSPS) is 18.7. The van der Waals surface area contributed by atoms with Crippen LogP contribution in [0.4, 0.5) is 5.69 Å². The van der Waals surface area contributed by atoms with Gasteiger partial charge in [0.15, 0.2) is 0 Å². The standard InChI is InChI=1S/C27H36N2O3/c1-28(20-21-4-10-25(31-2)11-5-21)23-12-14-27(15-13-23)16-18-29(19-17-27)24-8-6-22(7-9-24)26(30)32-3/h4-11,23H,12-20H2,1-3H3. The molecule has 5 nitrogen and oxygen atoms in total. The molecule has 2 fully saturated rings. The van der Waals surface area contributed by atoms with Gasteiger partial charge in [0.1, 0.15) is 5.75 Å². The summed E-state index contributed by atoms with van der Waals surface area (Å²) in [5.74, 6) is 0.643. The summed E-state index contributed by atoms with van der Waals surface area (Å²) in [4.78, 5) is 16.7. The molecule has 0 N–H and O–H groups in total. The predicted octanol–water partition coefficient (Wildman–Crippen LogP) is 5.14. The molecule has 1 heterocycles. The highest BCUT2D eigenvalue weighted by atomic mass is 16.5. The van der Waals surface area contributed by atoms with E-state index in [1.54, 1.807) is 7.11 Å². The van der Waals surface area contributed by atoms with Crippen LogP contribution in [0, 0.1) is 5.41 Å². The van der Waals surface area contributed by atoms with Gasteiger partial charge in [0.25, 0.3) is 0 Å². The zero-order valence-electron chi connectivity index (χ0n) is 19.7. The molecule has 0 bridgehead atoms. The van der Waals surface area contributed by atoms with Gasteiger partial charge in [0.2, 0.25) is 0 Å². The van der Waals surface area contributed by atoms with Crippen LogP contribution in [0.25, 0.3) is 0 Å². The zero-order chi connectivity index (χ0) is 22.6. The van der Waals surface area contributed by atoms with E-state index in [4.69, 9.17) is 9.47 Å². The topological polar surface area (TPSA) is 42.0 Å². The summed E-state index contributed by atoms with van der Waals surface area (Å²) in [6.45, 7) is 3.20. The van der Waals surface area contributed by atoms with E-state index in [2.05, 4.69) is 53.2 Å². The fraction of sp³-hybridized carbons (Fsp3) is 0.519. The number of esters is 1. The van der Waals surface area contributed by atoms with Gasteiger partial charge in [0.05, 0.1) is 19.8 Å². The molecule has 4 rings (SSSR count). The molecule has 2 aromatic rings. The quantitative estimate of drug-likeness (QED) is 0.587. The first-order valence-electron chi connectivity index (χ1n) is 11.8. The average molecular weight is 437 g/mol. The van der Waals surface area contributed by atoms with Crippen molar-refractivity contribution in [3.05, 3.63) is 59.7 Å². The summed E-state index contributed by atoms with van der Waals surface area (Å²) in [7, 11) is 5.41. The molecule has 2 aliphatic rings. The molecule has 32 heavy (non-hydrogen) atoms. The SMILES string of the molecule is COC(=O)c1ccc(N2CCC3(CCC(N(C)Cc4ccc(OC)cc4)CC3)CC2)cc1. The van der Waals surface area contributed by atoms with Crippen molar-refractivity contribution in [2.45, 2.75) is 51.1 Å². The fourth-order valence-electron chi connectivity index (χ4n) is 5.47. The van der Waals surface area contributed by atoms with E-state index in [-0.39, 0.29) is 5.97 Å². The number of carbonyl (C=O) groups is 1. The summed E-state index contributed by atoms with van der Waals surface area (Å²) in [6.07, 6.45) is 7.78. The number of hydrogen-bond acceptors (Lipinski definition) is 5. The Morgan fingerprint density at radius 3 is 2.16 bits per heavy atom. The van der Waals surface area contributed by atoms with E-state index < -0.39 is 0 Å². The lowest BCUT2D eigenvalue weighted by Crippen LogP contribution is -2.45. The van der Waals surface area contributed by atoms with Gasteiger partial charge in [-0.25, -0.2) is 4.79 Å². The third-order valence-corrected chi connectivity index (χ3v) is 7.71. The number of methoxy groups -OCH3 is 2. The molecule has 1 aliphatic heterocycles. The smallest absolute Gasteiger partial charge is 0.337 e. The second kappa shape index (κ2) is 9.95. The van der Waals surface area contributed by atoms with Crippen LogP contribution in [0.15, 0.2) is 48.5 Å². The molecule has 1 saturated heterocycles. The van der Waals surface area contributed by atoms with E-state index in [1.807, 2.05) is 12.1 Å². The second-order valence-electron chi connectivity index (χ2n) is 9.52. The lowest BCUT2D eigenvalue weighted by atomic mass is 9.66. The largest absolute Gasteiger partial charge is 0.497 e. The molecule has 0 amide bonds. The first-order valence-corrected chi connectivity index (χ1v) is 11.8. The lowest BCUT2D eigenvalue weighted by molar-refractivity contribution is 0.0600.